The van der Waals surface area contributed by atoms with Crippen molar-refractivity contribution in [2.45, 2.75) is 13.8 Å². The first-order chi connectivity index (χ1) is 11.9. The number of carbonyl (C=O) groups is 1. The molecule has 0 unspecified atom stereocenters. The molecular weight excluding hydrogens is 502 g/mol. The molecule has 4 heteroatoms. The molecule has 1 heterocycles. The maximum absolute atomic E-state index is 10.0. The summed E-state index contributed by atoms with van der Waals surface area (Å²) >= 11 is 0. The molecule has 1 N–H and O–H groups in total. The van der Waals surface area contributed by atoms with Gasteiger partial charge in [-0.05, 0) is 30.7 Å². The molecule has 0 spiro atoms. The van der Waals surface area contributed by atoms with Crippen LogP contribution in [0.5, 0.6) is 0 Å². The van der Waals surface area contributed by atoms with Crippen LogP contribution in [0.25, 0.3) is 22.0 Å². The third-order valence-electron chi connectivity index (χ3n) is 3.62. The molecule has 0 saturated heterocycles. The number of allylic oxidation sites excluding steroid dienone is 2. The monoisotopic (exact) mass is 525 g/mol. The molecule has 0 aliphatic carbocycles. The molecular formula is C22H22IrNO2-. The smallest absolute Gasteiger partial charge is 0.155 e. The van der Waals surface area contributed by atoms with E-state index in [2.05, 4.69) is 50.4 Å². The van der Waals surface area contributed by atoms with Crippen molar-refractivity contribution in [3.05, 3.63) is 92.2 Å². The van der Waals surface area contributed by atoms with Gasteiger partial charge in [-0.3, -0.25) is 4.79 Å². The molecule has 0 amide bonds. The first-order valence-electron chi connectivity index (χ1n) is 7.93. The largest absolute Gasteiger partial charge is 0.512 e. The van der Waals surface area contributed by atoms with Crippen molar-refractivity contribution in [2.75, 3.05) is 0 Å². The fourth-order valence-corrected chi connectivity index (χ4v) is 2.60. The molecule has 0 aliphatic heterocycles. The van der Waals surface area contributed by atoms with Crippen LogP contribution in [-0.2, 0) is 24.9 Å². The number of hydrogen-bond acceptors (Lipinski definition) is 2. The Morgan fingerprint density at radius 2 is 1.65 bits per heavy atom. The van der Waals surface area contributed by atoms with Gasteiger partial charge in [0.2, 0.25) is 0 Å². The van der Waals surface area contributed by atoms with Gasteiger partial charge >= 0.3 is 0 Å². The SMILES string of the molecule is CC(=O)/C=C(/C)O.[CH2-]c1ccccc1-c1c2ccccc2cc[n+]1[CH2-].[Ir]. The molecule has 1 aromatic heterocycles. The summed E-state index contributed by atoms with van der Waals surface area (Å²) in [7, 11) is 4.08. The summed E-state index contributed by atoms with van der Waals surface area (Å²) in [5.74, 6) is -0.0625. The number of pyridine rings is 1. The van der Waals surface area contributed by atoms with Crippen molar-refractivity contribution in [1.82, 2.24) is 0 Å². The van der Waals surface area contributed by atoms with Gasteiger partial charge in [0.25, 0.3) is 0 Å². The van der Waals surface area contributed by atoms with Gasteiger partial charge < -0.3 is 9.67 Å². The number of aromatic nitrogens is 1. The minimum absolute atomic E-state index is 0. The van der Waals surface area contributed by atoms with Crippen LogP contribution in [0.4, 0.5) is 0 Å². The number of nitrogens with zero attached hydrogens (tertiary/aromatic N) is 1. The maximum Gasteiger partial charge on any atom is 0.155 e. The molecule has 26 heavy (non-hydrogen) atoms. The van der Waals surface area contributed by atoms with Gasteiger partial charge in [-0.25, -0.2) is 0 Å². The quantitative estimate of drug-likeness (QED) is 0.230. The minimum atomic E-state index is -0.125. The standard InChI is InChI=1S/C17H14N.C5H8O2.Ir/c1-13-7-3-5-9-15(13)17-16-10-6-4-8-14(16)11-12-18(17)2;1-4(6)3-5(2)7;/h3-12H,1-2H2;3,6H,1-2H3;/q-1;;/b;4-3-;. The first kappa shape index (κ1) is 21.5. The molecule has 3 rings (SSSR count). The summed E-state index contributed by atoms with van der Waals surface area (Å²) in [5.41, 5.74) is 3.26. The molecule has 0 atom stereocenters. The molecule has 3 nitrogen and oxygen atoms in total. The van der Waals surface area contributed by atoms with E-state index in [0.29, 0.717) is 0 Å². The van der Waals surface area contributed by atoms with E-state index in [1.807, 2.05) is 29.0 Å². The van der Waals surface area contributed by atoms with E-state index in [9.17, 15) is 4.79 Å². The van der Waals surface area contributed by atoms with E-state index in [1.54, 1.807) is 0 Å². The van der Waals surface area contributed by atoms with Gasteiger partial charge in [-0.2, -0.15) is 18.6 Å². The zero-order chi connectivity index (χ0) is 18.4. The molecule has 0 saturated carbocycles. The van der Waals surface area contributed by atoms with E-state index < -0.39 is 0 Å². The predicted octanol–water partition coefficient (Wildman–Crippen LogP) is 4.65. The number of benzene rings is 2. The van der Waals surface area contributed by atoms with Crippen LogP contribution < -0.4 is 4.57 Å². The van der Waals surface area contributed by atoms with Gasteiger partial charge in [0.1, 0.15) is 0 Å². The van der Waals surface area contributed by atoms with Gasteiger partial charge in [-0.15, -0.1) is 17.7 Å². The second-order valence-electron chi connectivity index (χ2n) is 5.77. The van der Waals surface area contributed by atoms with Crippen molar-refractivity contribution in [3.63, 3.8) is 0 Å². The van der Waals surface area contributed by atoms with Crippen molar-refractivity contribution in [3.8, 4) is 11.3 Å². The van der Waals surface area contributed by atoms with E-state index in [1.165, 1.54) is 30.7 Å². The fraction of sp³-hybridized carbons (Fsp3) is 0.0909. The van der Waals surface area contributed by atoms with E-state index in [4.69, 9.17) is 5.11 Å². The van der Waals surface area contributed by atoms with Crippen LogP contribution in [0.1, 0.15) is 19.4 Å². The van der Waals surface area contributed by atoms with Crippen LogP contribution in [0, 0.1) is 14.0 Å². The van der Waals surface area contributed by atoms with E-state index in [-0.39, 0.29) is 31.6 Å². The number of fused-ring (bicyclic) bond motifs is 1. The van der Waals surface area contributed by atoms with Crippen LogP contribution >= 0.6 is 0 Å². The average Bonchev–Trinajstić information content (AvgIpc) is 2.55. The number of aliphatic hydroxyl groups is 1. The Morgan fingerprint density at radius 1 is 1.04 bits per heavy atom. The van der Waals surface area contributed by atoms with Crippen molar-refractivity contribution in [2.24, 2.45) is 0 Å². The maximum atomic E-state index is 10.0. The van der Waals surface area contributed by atoms with E-state index >= 15 is 0 Å². The van der Waals surface area contributed by atoms with Crippen LogP contribution in [0.15, 0.2) is 72.6 Å². The molecule has 2 aromatic carbocycles. The van der Waals surface area contributed by atoms with Crippen LogP contribution in [0.2, 0.25) is 0 Å². The number of rotatable bonds is 2. The molecule has 1 radical (unpaired) electrons. The van der Waals surface area contributed by atoms with Crippen LogP contribution in [0.3, 0.4) is 0 Å². The summed E-state index contributed by atoms with van der Waals surface area (Å²) in [4.78, 5) is 10.0. The summed E-state index contributed by atoms with van der Waals surface area (Å²) in [5, 5.41) is 10.8. The zero-order valence-corrected chi connectivity index (χ0v) is 17.3. The first-order valence-corrected chi connectivity index (χ1v) is 7.93. The summed E-state index contributed by atoms with van der Waals surface area (Å²) in [6.45, 7) is 6.95. The molecule has 137 valence electrons. The summed E-state index contributed by atoms with van der Waals surface area (Å²) in [6, 6.07) is 18.6. The van der Waals surface area contributed by atoms with Crippen molar-refractivity contribution >= 4 is 16.6 Å². The van der Waals surface area contributed by atoms with Gasteiger partial charge in [-0.1, -0.05) is 30.3 Å². The Kier molecular flexibility index (Phi) is 8.11. The second-order valence-corrected chi connectivity index (χ2v) is 5.77. The molecule has 0 fully saturated rings. The van der Waals surface area contributed by atoms with Crippen molar-refractivity contribution in [1.29, 1.82) is 0 Å². The Hall–Kier alpha value is -2.55. The average molecular weight is 525 g/mol. The zero-order valence-electron chi connectivity index (χ0n) is 14.9. The number of ketones is 1. The Balaban J connectivity index is 0.000000366. The Labute approximate surface area is 168 Å². The molecule has 3 aromatic rings. The summed E-state index contributed by atoms with van der Waals surface area (Å²) < 4.78 is 1.91. The van der Waals surface area contributed by atoms with E-state index in [0.717, 1.165) is 16.8 Å². The topological polar surface area (TPSA) is 41.2 Å². The number of aliphatic hydroxyl groups excluding tert-OH is 1. The predicted molar refractivity (Wildman–Crippen MR) is 102 cm³/mol. The second kappa shape index (κ2) is 9.81. The third-order valence-corrected chi connectivity index (χ3v) is 3.62. The molecule has 0 aliphatic rings. The van der Waals surface area contributed by atoms with Crippen LogP contribution in [-0.4, -0.2) is 10.9 Å². The van der Waals surface area contributed by atoms with Crippen molar-refractivity contribution < 1.29 is 34.6 Å². The Morgan fingerprint density at radius 3 is 2.23 bits per heavy atom. The summed E-state index contributed by atoms with van der Waals surface area (Å²) in [6.07, 6.45) is 3.16. The third kappa shape index (κ3) is 5.48. The van der Waals surface area contributed by atoms with Gasteiger partial charge in [0.05, 0.1) is 17.6 Å². The normalized spacial score (nSPS) is 10.5. The van der Waals surface area contributed by atoms with Gasteiger partial charge in [0.15, 0.2) is 5.78 Å². The fourth-order valence-electron chi connectivity index (χ4n) is 2.60. The van der Waals surface area contributed by atoms with Gasteiger partial charge in [0, 0.05) is 33.2 Å². The molecule has 0 bridgehead atoms. The number of hydrogen-bond donors (Lipinski definition) is 1. The Bertz CT molecular complexity index is 928. The minimum Gasteiger partial charge on any atom is -0.512 e. The number of carbonyl (C=O) groups excluding carboxylic acids is 1.